The van der Waals surface area contributed by atoms with Crippen LogP contribution in [0.3, 0.4) is 0 Å². The van der Waals surface area contributed by atoms with Gasteiger partial charge in [-0.2, -0.15) is 0 Å². The van der Waals surface area contributed by atoms with Gasteiger partial charge in [-0.15, -0.1) is 0 Å². The van der Waals surface area contributed by atoms with Crippen molar-refractivity contribution in [2.24, 2.45) is 0 Å². The minimum absolute atomic E-state index is 0.448. The van der Waals surface area contributed by atoms with E-state index in [-0.39, 0.29) is 0 Å². The Bertz CT molecular complexity index is 551. The number of rotatable bonds is 0. The largest absolute Gasteiger partial charge is 0.398 e. The fourth-order valence-corrected chi connectivity index (χ4v) is 2.44. The van der Waals surface area contributed by atoms with Crippen molar-refractivity contribution in [2.45, 2.75) is 25.4 Å². The van der Waals surface area contributed by atoms with Crippen molar-refractivity contribution in [1.82, 2.24) is 4.98 Å². The fraction of sp³-hybridized carbons (Fsp3) is 0.308. The molecule has 3 N–H and O–H groups in total. The second-order valence-corrected chi connectivity index (χ2v) is 4.31. The van der Waals surface area contributed by atoms with Crippen LogP contribution in [0.2, 0.25) is 0 Å². The summed E-state index contributed by atoms with van der Waals surface area (Å²) >= 11 is 0. The number of para-hydroxylation sites is 1. The maximum absolute atomic E-state index is 9.93. The van der Waals surface area contributed by atoms with Crippen LogP contribution in [0.25, 0.3) is 10.9 Å². The molecule has 0 saturated heterocycles. The molecule has 0 unspecified atom stereocenters. The van der Waals surface area contributed by atoms with Crippen molar-refractivity contribution >= 4 is 16.6 Å². The van der Waals surface area contributed by atoms with Gasteiger partial charge in [0, 0.05) is 11.1 Å². The number of aliphatic hydroxyl groups excluding tert-OH is 1. The topological polar surface area (TPSA) is 59.1 Å². The lowest BCUT2D eigenvalue weighted by Crippen LogP contribution is -2.14. The van der Waals surface area contributed by atoms with Gasteiger partial charge in [0.15, 0.2) is 0 Å². The number of fused-ring (bicyclic) bond motifs is 2. The normalized spacial score (nSPS) is 19.7. The fourth-order valence-electron chi connectivity index (χ4n) is 2.44. The summed E-state index contributed by atoms with van der Waals surface area (Å²) in [7, 11) is 0. The summed E-state index contributed by atoms with van der Waals surface area (Å²) in [6.45, 7) is 0. The molecule has 1 aromatic carbocycles. The Morgan fingerprint density at radius 1 is 1.31 bits per heavy atom. The molecule has 1 aromatic heterocycles. The number of nitrogens with two attached hydrogens (primary N) is 1. The van der Waals surface area contributed by atoms with Gasteiger partial charge in [0.05, 0.1) is 17.3 Å². The summed E-state index contributed by atoms with van der Waals surface area (Å²) in [5.41, 5.74) is 9.64. The third-order valence-electron chi connectivity index (χ3n) is 3.29. The Hall–Kier alpha value is -1.61. The Morgan fingerprint density at radius 3 is 3.00 bits per heavy atom. The monoisotopic (exact) mass is 214 g/mol. The lowest BCUT2D eigenvalue weighted by atomic mass is 9.91. The van der Waals surface area contributed by atoms with Crippen LogP contribution in [-0.2, 0) is 6.42 Å². The summed E-state index contributed by atoms with van der Waals surface area (Å²) in [5.74, 6) is 0. The highest BCUT2D eigenvalue weighted by Gasteiger charge is 2.22. The molecule has 0 amide bonds. The second kappa shape index (κ2) is 3.46. The number of aliphatic hydroxyl groups is 1. The highest BCUT2D eigenvalue weighted by Crippen LogP contribution is 2.35. The van der Waals surface area contributed by atoms with Crippen LogP contribution >= 0.6 is 0 Å². The number of hydrogen-bond donors (Lipinski definition) is 2. The van der Waals surface area contributed by atoms with Crippen LogP contribution in [0.5, 0.6) is 0 Å². The number of aromatic nitrogens is 1. The molecule has 1 aliphatic carbocycles. The molecule has 3 nitrogen and oxygen atoms in total. The zero-order chi connectivity index (χ0) is 11.1. The first-order valence-electron chi connectivity index (χ1n) is 5.62. The van der Waals surface area contributed by atoms with Gasteiger partial charge in [0.1, 0.15) is 0 Å². The number of hydrogen-bond acceptors (Lipinski definition) is 3. The molecule has 2 aromatic rings. The maximum atomic E-state index is 9.93. The molecule has 1 atom stereocenters. The quantitative estimate of drug-likeness (QED) is 0.706. The smallest absolute Gasteiger partial charge is 0.0963 e. The maximum Gasteiger partial charge on any atom is 0.0963 e. The molecule has 0 aliphatic heterocycles. The molecule has 3 heteroatoms. The van der Waals surface area contributed by atoms with Gasteiger partial charge >= 0.3 is 0 Å². The third-order valence-corrected chi connectivity index (χ3v) is 3.29. The molecular formula is C13H14N2O. The van der Waals surface area contributed by atoms with Gasteiger partial charge in [0.2, 0.25) is 0 Å². The zero-order valence-corrected chi connectivity index (χ0v) is 8.98. The molecule has 0 saturated carbocycles. The Balaban J connectivity index is 2.36. The third kappa shape index (κ3) is 1.28. The van der Waals surface area contributed by atoms with E-state index in [2.05, 4.69) is 4.98 Å². The molecule has 1 aliphatic rings. The van der Waals surface area contributed by atoms with Gasteiger partial charge in [-0.25, -0.2) is 4.98 Å². The van der Waals surface area contributed by atoms with Crippen molar-refractivity contribution in [3.63, 3.8) is 0 Å². The van der Waals surface area contributed by atoms with Crippen LogP contribution in [0.1, 0.15) is 30.2 Å². The molecule has 3 rings (SSSR count). The van der Waals surface area contributed by atoms with Gasteiger partial charge < -0.3 is 10.8 Å². The summed E-state index contributed by atoms with van der Waals surface area (Å²) in [6, 6.07) is 7.83. The Labute approximate surface area is 93.9 Å². The highest BCUT2D eigenvalue weighted by molar-refractivity contribution is 5.92. The van der Waals surface area contributed by atoms with E-state index in [1.165, 1.54) is 0 Å². The average molecular weight is 214 g/mol. The van der Waals surface area contributed by atoms with Gasteiger partial charge in [-0.1, -0.05) is 18.2 Å². The first-order valence-corrected chi connectivity index (χ1v) is 5.62. The molecule has 0 fully saturated rings. The lowest BCUT2D eigenvalue weighted by Gasteiger charge is -2.22. The van der Waals surface area contributed by atoms with E-state index in [4.69, 9.17) is 5.73 Å². The minimum atomic E-state index is -0.448. The van der Waals surface area contributed by atoms with Crippen molar-refractivity contribution in [3.8, 4) is 0 Å². The highest BCUT2D eigenvalue weighted by atomic mass is 16.3. The van der Waals surface area contributed by atoms with Crippen molar-refractivity contribution in [2.75, 3.05) is 5.73 Å². The number of anilines is 1. The summed E-state index contributed by atoms with van der Waals surface area (Å²) in [5, 5.41) is 10.9. The van der Waals surface area contributed by atoms with Crippen LogP contribution in [0.15, 0.2) is 24.3 Å². The standard InChI is InChI=1S/C13H14N2O/c14-12-8-4-1-2-6-10(8)15-13-9(12)5-3-7-11(13)16/h1-2,4,6,11,16H,3,5,7H2,(H2,14,15)/t11-/m1/s1. The summed E-state index contributed by atoms with van der Waals surface area (Å²) in [6.07, 6.45) is 2.25. The average Bonchev–Trinajstić information content (AvgIpc) is 2.31. The molecule has 16 heavy (non-hydrogen) atoms. The Kier molecular flexibility index (Phi) is 2.07. The van der Waals surface area contributed by atoms with Crippen molar-refractivity contribution in [1.29, 1.82) is 0 Å². The van der Waals surface area contributed by atoms with Crippen LogP contribution < -0.4 is 5.73 Å². The predicted molar refractivity (Wildman–Crippen MR) is 64.1 cm³/mol. The number of nitrogens with zero attached hydrogens (tertiary/aromatic N) is 1. The van der Waals surface area contributed by atoms with E-state index in [0.717, 1.165) is 47.1 Å². The van der Waals surface area contributed by atoms with Crippen molar-refractivity contribution in [3.05, 3.63) is 35.5 Å². The molecule has 82 valence electrons. The number of pyridine rings is 1. The molecule has 1 heterocycles. The van der Waals surface area contributed by atoms with E-state index in [0.29, 0.717) is 0 Å². The van der Waals surface area contributed by atoms with E-state index in [9.17, 15) is 5.11 Å². The number of nitrogen functional groups attached to an aromatic ring is 1. The van der Waals surface area contributed by atoms with E-state index < -0.39 is 6.10 Å². The van der Waals surface area contributed by atoms with Crippen LogP contribution in [-0.4, -0.2) is 10.1 Å². The Morgan fingerprint density at radius 2 is 2.12 bits per heavy atom. The summed E-state index contributed by atoms with van der Waals surface area (Å²) < 4.78 is 0. The van der Waals surface area contributed by atoms with Gasteiger partial charge in [0.25, 0.3) is 0 Å². The molecule has 0 radical (unpaired) electrons. The molecule has 0 spiro atoms. The van der Waals surface area contributed by atoms with Gasteiger partial charge in [-0.3, -0.25) is 0 Å². The summed E-state index contributed by atoms with van der Waals surface area (Å²) in [4.78, 5) is 4.53. The van der Waals surface area contributed by atoms with Crippen LogP contribution in [0, 0.1) is 0 Å². The number of benzene rings is 1. The van der Waals surface area contributed by atoms with E-state index in [1.807, 2.05) is 24.3 Å². The minimum Gasteiger partial charge on any atom is -0.398 e. The van der Waals surface area contributed by atoms with Crippen molar-refractivity contribution < 1.29 is 5.11 Å². The van der Waals surface area contributed by atoms with Gasteiger partial charge in [-0.05, 0) is 30.9 Å². The lowest BCUT2D eigenvalue weighted by molar-refractivity contribution is 0.152. The first-order chi connectivity index (χ1) is 7.77. The molecular weight excluding hydrogens is 200 g/mol. The SMILES string of the molecule is Nc1c2c(nc3ccccc13)[C@H](O)CCC2. The molecule has 0 bridgehead atoms. The van der Waals surface area contributed by atoms with E-state index in [1.54, 1.807) is 0 Å². The zero-order valence-electron chi connectivity index (χ0n) is 8.98. The predicted octanol–water partition coefficient (Wildman–Crippen LogP) is 2.19. The van der Waals surface area contributed by atoms with E-state index >= 15 is 0 Å². The first kappa shape index (κ1) is 9.60. The van der Waals surface area contributed by atoms with Crippen LogP contribution in [0.4, 0.5) is 5.69 Å². The second-order valence-electron chi connectivity index (χ2n) is 4.31.